The number of carbonyl (C=O) groups excluding carboxylic acids is 1. The molecule has 1 N–H and O–H groups in total. The molecule has 0 aromatic heterocycles. The Balaban J connectivity index is 2.70. The molecule has 4 nitrogen and oxygen atoms in total. The summed E-state index contributed by atoms with van der Waals surface area (Å²) in [6, 6.07) is 6.75. The number of terminal acetylenes is 1. The fourth-order valence-corrected chi connectivity index (χ4v) is 1.69. The summed E-state index contributed by atoms with van der Waals surface area (Å²) < 4.78 is 5.23. The van der Waals surface area contributed by atoms with Crippen LogP contribution in [0.2, 0.25) is 0 Å². The van der Waals surface area contributed by atoms with Gasteiger partial charge < -0.3 is 14.7 Å². The van der Waals surface area contributed by atoms with Gasteiger partial charge in [-0.15, -0.1) is 6.42 Å². The highest BCUT2D eigenvalue weighted by Gasteiger charge is 2.20. The molecule has 1 aromatic rings. The maximum Gasteiger partial charge on any atom is 0.253 e. The normalized spacial score (nSPS) is 10.7. The molecule has 0 aliphatic carbocycles. The Labute approximate surface area is 114 Å². The van der Waals surface area contributed by atoms with Gasteiger partial charge in [-0.1, -0.05) is 5.92 Å². The predicted octanol–water partition coefficient (Wildman–Crippen LogP) is 1.54. The molecule has 0 unspecified atom stereocenters. The van der Waals surface area contributed by atoms with Crippen LogP contribution in [0, 0.1) is 12.3 Å². The van der Waals surface area contributed by atoms with E-state index in [-0.39, 0.29) is 19.1 Å². The van der Waals surface area contributed by atoms with E-state index in [0.717, 1.165) is 0 Å². The van der Waals surface area contributed by atoms with E-state index in [2.05, 4.69) is 5.92 Å². The van der Waals surface area contributed by atoms with Gasteiger partial charge in [0.2, 0.25) is 0 Å². The monoisotopic (exact) mass is 261 g/mol. The number of amides is 1. The van der Waals surface area contributed by atoms with E-state index >= 15 is 0 Å². The molecule has 0 spiro atoms. The van der Waals surface area contributed by atoms with Gasteiger partial charge in [0.25, 0.3) is 5.91 Å². The second-order valence-corrected chi connectivity index (χ2v) is 4.99. The summed E-state index contributed by atoms with van der Waals surface area (Å²) in [6.07, 6.45) is 5.09. The molecule has 0 aliphatic rings. The molecule has 0 aliphatic heterocycles. The van der Waals surface area contributed by atoms with Crippen molar-refractivity contribution in [2.75, 3.05) is 20.2 Å². The van der Waals surface area contributed by atoms with Crippen molar-refractivity contribution in [2.24, 2.45) is 0 Å². The van der Waals surface area contributed by atoms with Crippen molar-refractivity contribution in [3.05, 3.63) is 29.8 Å². The second kappa shape index (κ2) is 6.26. The summed E-state index contributed by atoms with van der Waals surface area (Å²) in [6.45, 7) is 3.79. The van der Waals surface area contributed by atoms with Crippen molar-refractivity contribution in [2.45, 2.75) is 19.4 Å². The largest absolute Gasteiger partial charge is 0.481 e. The SMILES string of the molecule is C#CCOc1ccc(C(=O)N(C)CC(C)(C)O)cc1. The van der Waals surface area contributed by atoms with E-state index in [9.17, 15) is 9.90 Å². The smallest absolute Gasteiger partial charge is 0.253 e. The highest BCUT2D eigenvalue weighted by atomic mass is 16.5. The third-order valence-electron chi connectivity index (χ3n) is 2.39. The number of carbonyl (C=O) groups is 1. The van der Waals surface area contributed by atoms with E-state index in [0.29, 0.717) is 11.3 Å². The van der Waals surface area contributed by atoms with E-state index in [1.165, 1.54) is 4.90 Å². The van der Waals surface area contributed by atoms with Crippen LogP contribution in [0.25, 0.3) is 0 Å². The first-order valence-electron chi connectivity index (χ1n) is 5.97. The fourth-order valence-electron chi connectivity index (χ4n) is 1.69. The third-order valence-corrected chi connectivity index (χ3v) is 2.39. The average Bonchev–Trinajstić information content (AvgIpc) is 2.34. The van der Waals surface area contributed by atoms with Crippen LogP contribution in [0.1, 0.15) is 24.2 Å². The van der Waals surface area contributed by atoms with Crippen LogP contribution in [0.3, 0.4) is 0 Å². The molecule has 1 rings (SSSR count). The molecule has 0 heterocycles. The van der Waals surface area contributed by atoms with Crippen LogP contribution < -0.4 is 4.74 Å². The van der Waals surface area contributed by atoms with Crippen molar-refractivity contribution in [1.29, 1.82) is 0 Å². The lowest BCUT2D eigenvalue weighted by Crippen LogP contribution is -2.39. The topological polar surface area (TPSA) is 49.8 Å². The molecule has 0 fully saturated rings. The Kier molecular flexibility index (Phi) is 4.96. The van der Waals surface area contributed by atoms with Gasteiger partial charge >= 0.3 is 0 Å². The Hall–Kier alpha value is -1.99. The van der Waals surface area contributed by atoms with Crippen LogP contribution in [0.5, 0.6) is 5.75 Å². The van der Waals surface area contributed by atoms with E-state index in [1.807, 2.05) is 0 Å². The van der Waals surface area contributed by atoms with Gasteiger partial charge in [0.1, 0.15) is 12.4 Å². The van der Waals surface area contributed by atoms with Crippen LogP contribution in [0.4, 0.5) is 0 Å². The minimum atomic E-state index is -0.916. The zero-order valence-corrected chi connectivity index (χ0v) is 11.5. The van der Waals surface area contributed by atoms with Gasteiger partial charge in [0.05, 0.1) is 5.60 Å². The maximum absolute atomic E-state index is 12.1. The summed E-state index contributed by atoms with van der Waals surface area (Å²) in [7, 11) is 1.66. The number of nitrogens with zero attached hydrogens (tertiary/aromatic N) is 1. The molecule has 102 valence electrons. The zero-order valence-electron chi connectivity index (χ0n) is 11.5. The number of aliphatic hydroxyl groups is 1. The molecule has 0 saturated heterocycles. The molecule has 0 saturated carbocycles. The first kappa shape index (κ1) is 15.1. The van der Waals surface area contributed by atoms with Gasteiger partial charge in [0.15, 0.2) is 0 Å². The average molecular weight is 261 g/mol. The lowest BCUT2D eigenvalue weighted by molar-refractivity contribution is 0.0368. The Morgan fingerprint density at radius 2 is 2.00 bits per heavy atom. The van der Waals surface area contributed by atoms with Crippen molar-refractivity contribution in [1.82, 2.24) is 4.90 Å². The molecule has 0 radical (unpaired) electrons. The highest BCUT2D eigenvalue weighted by molar-refractivity contribution is 5.94. The Morgan fingerprint density at radius 1 is 1.42 bits per heavy atom. The second-order valence-electron chi connectivity index (χ2n) is 4.99. The standard InChI is InChI=1S/C15H19NO3/c1-5-10-19-13-8-6-12(7-9-13)14(17)16(4)11-15(2,3)18/h1,6-9,18H,10-11H2,2-4H3. The van der Waals surface area contributed by atoms with E-state index in [1.54, 1.807) is 45.2 Å². The predicted molar refractivity (Wildman–Crippen MR) is 74.0 cm³/mol. The van der Waals surface area contributed by atoms with Crippen LogP contribution in [0.15, 0.2) is 24.3 Å². The highest BCUT2D eigenvalue weighted by Crippen LogP contribution is 2.14. The number of ether oxygens (including phenoxy) is 1. The Morgan fingerprint density at radius 3 is 2.47 bits per heavy atom. The molecule has 1 aromatic carbocycles. The van der Waals surface area contributed by atoms with Crippen LogP contribution in [-0.4, -0.2) is 41.7 Å². The fraction of sp³-hybridized carbons (Fsp3) is 0.400. The minimum absolute atomic E-state index is 0.148. The van der Waals surface area contributed by atoms with Crippen molar-refractivity contribution in [3.8, 4) is 18.1 Å². The number of hydrogen-bond acceptors (Lipinski definition) is 3. The molecular formula is C15H19NO3. The summed E-state index contributed by atoms with van der Waals surface area (Å²) in [5, 5.41) is 9.69. The van der Waals surface area contributed by atoms with E-state index < -0.39 is 5.60 Å². The number of hydrogen-bond donors (Lipinski definition) is 1. The van der Waals surface area contributed by atoms with Gasteiger partial charge in [-0.25, -0.2) is 0 Å². The molecule has 0 bridgehead atoms. The quantitative estimate of drug-likeness (QED) is 0.818. The van der Waals surface area contributed by atoms with Gasteiger partial charge in [-0.05, 0) is 38.1 Å². The molecule has 19 heavy (non-hydrogen) atoms. The van der Waals surface area contributed by atoms with Crippen molar-refractivity contribution in [3.63, 3.8) is 0 Å². The minimum Gasteiger partial charge on any atom is -0.481 e. The number of likely N-dealkylation sites (N-methyl/N-ethyl adjacent to an activating group) is 1. The summed E-state index contributed by atoms with van der Waals surface area (Å²) in [5.41, 5.74) is -0.375. The maximum atomic E-state index is 12.1. The number of rotatable bonds is 5. The van der Waals surface area contributed by atoms with Gasteiger partial charge in [-0.2, -0.15) is 0 Å². The van der Waals surface area contributed by atoms with Crippen LogP contribution >= 0.6 is 0 Å². The van der Waals surface area contributed by atoms with Crippen molar-refractivity contribution < 1.29 is 14.6 Å². The van der Waals surface area contributed by atoms with Gasteiger partial charge in [-0.3, -0.25) is 4.79 Å². The number of benzene rings is 1. The first-order valence-corrected chi connectivity index (χ1v) is 5.97. The summed E-state index contributed by atoms with van der Waals surface area (Å²) >= 11 is 0. The van der Waals surface area contributed by atoms with Crippen molar-refractivity contribution >= 4 is 5.91 Å². The summed E-state index contributed by atoms with van der Waals surface area (Å²) in [5.74, 6) is 2.85. The Bertz CT molecular complexity index is 466. The van der Waals surface area contributed by atoms with Crippen LogP contribution in [-0.2, 0) is 0 Å². The lowest BCUT2D eigenvalue weighted by atomic mass is 10.1. The first-order chi connectivity index (χ1) is 8.83. The summed E-state index contributed by atoms with van der Waals surface area (Å²) in [4.78, 5) is 13.6. The van der Waals surface area contributed by atoms with E-state index in [4.69, 9.17) is 11.2 Å². The lowest BCUT2D eigenvalue weighted by Gasteiger charge is -2.25. The molecule has 1 amide bonds. The zero-order chi connectivity index (χ0) is 14.5. The molecule has 0 atom stereocenters. The molecular weight excluding hydrogens is 242 g/mol. The molecule has 4 heteroatoms. The third kappa shape index (κ3) is 5.02. The van der Waals surface area contributed by atoms with Gasteiger partial charge in [0, 0.05) is 19.2 Å².